The number of nitrogens with zero attached hydrogens (tertiary/aromatic N) is 1. The molecule has 0 N–H and O–H groups in total. The van der Waals surface area contributed by atoms with Gasteiger partial charge in [0.2, 0.25) is 0 Å². The predicted molar refractivity (Wildman–Crippen MR) is 200 cm³/mol. The third-order valence-corrected chi connectivity index (χ3v) is 10.3. The van der Waals surface area contributed by atoms with Gasteiger partial charge in [-0.25, -0.2) is 0 Å². The number of hydrogen-bond acceptors (Lipinski definition) is 2. The Morgan fingerprint density at radius 2 is 0.957 bits per heavy atom. The molecule has 216 valence electrons. The molecule has 1 nitrogen and oxygen atoms in total. The van der Waals surface area contributed by atoms with Gasteiger partial charge in [0.15, 0.2) is 0 Å². The van der Waals surface area contributed by atoms with Crippen LogP contribution in [0.25, 0.3) is 64.0 Å². The second-order valence-corrected chi connectivity index (χ2v) is 12.8. The molecule has 46 heavy (non-hydrogen) atoms. The number of rotatable bonds is 5. The lowest BCUT2D eigenvalue weighted by atomic mass is 9.92. The van der Waals surface area contributed by atoms with Gasteiger partial charge in [0.25, 0.3) is 0 Å². The van der Waals surface area contributed by atoms with E-state index in [-0.39, 0.29) is 0 Å². The molecule has 0 saturated heterocycles. The topological polar surface area (TPSA) is 3.24 Å². The molecule has 1 heterocycles. The minimum atomic E-state index is 1.13. The standard InChI is InChI=1S/C44H29NS/c1-3-12-30(13-4-1)31-22-24-34(25-23-31)45(33-16-5-2-6-17-33)35-26-27-43-41(28-35)42-29-40(38-19-9-10-20-39(38)44(42)46-43)37-21-11-15-32-14-7-8-18-36(32)37/h1-29H. The summed E-state index contributed by atoms with van der Waals surface area (Å²) >= 11 is 1.89. The summed E-state index contributed by atoms with van der Waals surface area (Å²) in [5.74, 6) is 0. The summed E-state index contributed by atoms with van der Waals surface area (Å²) in [6.45, 7) is 0. The van der Waals surface area contributed by atoms with E-state index in [1.807, 2.05) is 11.3 Å². The SMILES string of the molecule is c1ccc(-c2ccc(N(c3ccccc3)c3ccc4sc5c6ccccc6c(-c6cccc7ccccc67)cc5c4c3)cc2)cc1. The lowest BCUT2D eigenvalue weighted by Crippen LogP contribution is -2.09. The fourth-order valence-electron chi connectivity index (χ4n) is 6.87. The Hall–Kier alpha value is -5.70. The van der Waals surface area contributed by atoms with Crippen LogP contribution in [0.4, 0.5) is 17.1 Å². The van der Waals surface area contributed by atoms with Crippen LogP contribution in [0.15, 0.2) is 176 Å². The van der Waals surface area contributed by atoms with Crippen LogP contribution in [0.5, 0.6) is 0 Å². The highest BCUT2D eigenvalue weighted by Crippen LogP contribution is 2.46. The molecular weight excluding hydrogens is 575 g/mol. The number of para-hydroxylation sites is 1. The monoisotopic (exact) mass is 603 g/mol. The largest absolute Gasteiger partial charge is 0.310 e. The first-order chi connectivity index (χ1) is 22.8. The smallest absolute Gasteiger partial charge is 0.0468 e. The molecule has 0 amide bonds. The Labute approximate surface area is 272 Å². The zero-order chi connectivity index (χ0) is 30.5. The Kier molecular flexibility index (Phi) is 6.40. The van der Waals surface area contributed by atoms with Gasteiger partial charge in [-0.15, -0.1) is 11.3 Å². The van der Waals surface area contributed by atoms with E-state index in [1.54, 1.807) is 0 Å². The van der Waals surface area contributed by atoms with Crippen LogP contribution in [0.3, 0.4) is 0 Å². The molecule has 0 unspecified atom stereocenters. The zero-order valence-corrected chi connectivity index (χ0v) is 25.9. The first kappa shape index (κ1) is 26.7. The molecule has 0 spiro atoms. The average molecular weight is 604 g/mol. The average Bonchev–Trinajstić information content (AvgIpc) is 3.50. The summed E-state index contributed by atoms with van der Waals surface area (Å²) in [5.41, 5.74) is 8.40. The van der Waals surface area contributed by atoms with E-state index in [1.165, 1.54) is 64.0 Å². The minimum absolute atomic E-state index is 1.13. The summed E-state index contributed by atoms with van der Waals surface area (Å²) in [6, 6.07) is 63.8. The van der Waals surface area contributed by atoms with E-state index in [0.717, 1.165) is 17.1 Å². The normalized spacial score (nSPS) is 11.5. The van der Waals surface area contributed by atoms with Gasteiger partial charge in [-0.05, 0) is 86.9 Å². The number of benzene rings is 8. The molecular formula is C44H29NS. The molecule has 0 radical (unpaired) electrons. The molecule has 0 aliphatic heterocycles. The number of thiophene rings is 1. The maximum atomic E-state index is 2.43. The summed E-state index contributed by atoms with van der Waals surface area (Å²) < 4.78 is 2.64. The van der Waals surface area contributed by atoms with Gasteiger partial charge >= 0.3 is 0 Å². The number of fused-ring (bicyclic) bond motifs is 6. The van der Waals surface area contributed by atoms with Crippen LogP contribution in [0, 0.1) is 0 Å². The van der Waals surface area contributed by atoms with Crippen molar-refractivity contribution in [1.29, 1.82) is 0 Å². The molecule has 0 fully saturated rings. The second kappa shape index (κ2) is 11.0. The highest BCUT2D eigenvalue weighted by Gasteiger charge is 2.18. The van der Waals surface area contributed by atoms with Gasteiger partial charge in [0.05, 0.1) is 0 Å². The lowest BCUT2D eigenvalue weighted by Gasteiger charge is -2.26. The van der Waals surface area contributed by atoms with E-state index in [4.69, 9.17) is 0 Å². The molecule has 2 heteroatoms. The second-order valence-electron chi connectivity index (χ2n) is 11.7. The molecule has 0 atom stereocenters. The van der Waals surface area contributed by atoms with E-state index in [2.05, 4.69) is 181 Å². The molecule has 1 aromatic heterocycles. The van der Waals surface area contributed by atoms with E-state index >= 15 is 0 Å². The predicted octanol–water partition coefficient (Wildman–Crippen LogP) is 13.2. The summed E-state index contributed by atoms with van der Waals surface area (Å²) in [7, 11) is 0. The molecule has 9 rings (SSSR count). The molecule has 0 saturated carbocycles. The molecule has 0 aliphatic carbocycles. The van der Waals surface area contributed by atoms with Gasteiger partial charge in [0.1, 0.15) is 0 Å². The minimum Gasteiger partial charge on any atom is -0.310 e. The van der Waals surface area contributed by atoms with E-state index in [9.17, 15) is 0 Å². The lowest BCUT2D eigenvalue weighted by molar-refractivity contribution is 1.29. The van der Waals surface area contributed by atoms with Gasteiger partial charge in [-0.1, -0.05) is 127 Å². The van der Waals surface area contributed by atoms with Gasteiger partial charge < -0.3 is 4.90 Å². The van der Waals surface area contributed by atoms with E-state index in [0.29, 0.717) is 0 Å². The third kappa shape index (κ3) is 4.46. The number of anilines is 3. The Morgan fingerprint density at radius 3 is 1.76 bits per heavy atom. The van der Waals surface area contributed by atoms with Crippen LogP contribution >= 0.6 is 11.3 Å². The van der Waals surface area contributed by atoms with Crippen LogP contribution in [-0.4, -0.2) is 0 Å². The Morgan fingerprint density at radius 1 is 0.348 bits per heavy atom. The Balaban J connectivity index is 1.26. The van der Waals surface area contributed by atoms with Crippen molar-refractivity contribution in [3.8, 4) is 22.3 Å². The fourth-order valence-corrected chi connectivity index (χ4v) is 8.07. The first-order valence-electron chi connectivity index (χ1n) is 15.7. The molecule has 0 bridgehead atoms. The van der Waals surface area contributed by atoms with Gasteiger partial charge in [-0.3, -0.25) is 0 Å². The maximum Gasteiger partial charge on any atom is 0.0468 e. The van der Waals surface area contributed by atoms with Gasteiger partial charge in [-0.2, -0.15) is 0 Å². The van der Waals surface area contributed by atoms with E-state index < -0.39 is 0 Å². The van der Waals surface area contributed by atoms with Crippen molar-refractivity contribution >= 4 is 70.1 Å². The van der Waals surface area contributed by atoms with Crippen molar-refractivity contribution in [2.45, 2.75) is 0 Å². The third-order valence-electron chi connectivity index (χ3n) is 9.05. The molecule has 9 aromatic rings. The number of hydrogen-bond donors (Lipinski definition) is 0. The van der Waals surface area contributed by atoms with Crippen molar-refractivity contribution in [2.24, 2.45) is 0 Å². The molecule has 8 aromatic carbocycles. The first-order valence-corrected chi connectivity index (χ1v) is 16.5. The zero-order valence-electron chi connectivity index (χ0n) is 25.1. The fraction of sp³-hybridized carbons (Fsp3) is 0. The summed E-state index contributed by atoms with van der Waals surface area (Å²) in [4.78, 5) is 2.37. The van der Waals surface area contributed by atoms with Crippen molar-refractivity contribution < 1.29 is 0 Å². The summed E-state index contributed by atoms with van der Waals surface area (Å²) in [5, 5.41) is 7.73. The van der Waals surface area contributed by atoms with Crippen LogP contribution in [-0.2, 0) is 0 Å². The van der Waals surface area contributed by atoms with Crippen LogP contribution in [0.2, 0.25) is 0 Å². The maximum absolute atomic E-state index is 2.43. The molecule has 0 aliphatic rings. The summed E-state index contributed by atoms with van der Waals surface area (Å²) in [6.07, 6.45) is 0. The van der Waals surface area contributed by atoms with Crippen LogP contribution < -0.4 is 4.90 Å². The van der Waals surface area contributed by atoms with Crippen molar-refractivity contribution in [3.63, 3.8) is 0 Å². The van der Waals surface area contributed by atoms with Gasteiger partial charge in [0, 0.05) is 42.6 Å². The highest BCUT2D eigenvalue weighted by atomic mass is 32.1. The Bertz CT molecular complexity index is 2510. The quantitative estimate of drug-likeness (QED) is 0.189. The van der Waals surface area contributed by atoms with Crippen molar-refractivity contribution in [2.75, 3.05) is 4.90 Å². The highest BCUT2D eigenvalue weighted by molar-refractivity contribution is 7.26. The van der Waals surface area contributed by atoms with Crippen molar-refractivity contribution in [3.05, 3.63) is 176 Å². The van der Waals surface area contributed by atoms with Crippen molar-refractivity contribution in [1.82, 2.24) is 0 Å². The van der Waals surface area contributed by atoms with Crippen LogP contribution in [0.1, 0.15) is 0 Å².